The van der Waals surface area contributed by atoms with Crippen LogP contribution < -0.4 is 0 Å². The number of hydrogen-bond acceptors (Lipinski definition) is 1. The van der Waals surface area contributed by atoms with E-state index in [2.05, 4.69) is 25.8 Å². The minimum absolute atomic E-state index is 0.880. The fraction of sp³-hybridized carbons (Fsp3) is 1.00. The molecule has 2 atom stereocenters. The molecule has 0 spiro atoms. The van der Waals surface area contributed by atoms with Crippen LogP contribution in [-0.2, 0) is 0 Å². The number of rotatable bonds is 2. The summed E-state index contributed by atoms with van der Waals surface area (Å²) in [5.74, 6) is 0. The predicted octanol–water partition coefficient (Wildman–Crippen LogP) is 3.30. The molecule has 1 heterocycles. The van der Waals surface area contributed by atoms with E-state index in [9.17, 15) is 0 Å². The maximum absolute atomic E-state index is 2.56. The molecule has 0 N–H and O–H groups in total. The van der Waals surface area contributed by atoms with Crippen LogP contribution in [0.25, 0.3) is 0 Å². The largest absolute Gasteiger partial charge is 0.300 e. The SMILES string of the molecule is CC.CCC1CCC(CC)N1C. The lowest BCUT2D eigenvalue weighted by molar-refractivity contribution is 0.231. The Balaban J connectivity index is 0.000000561. The lowest BCUT2D eigenvalue weighted by Gasteiger charge is -2.23. The molecule has 0 radical (unpaired) electrons. The van der Waals surface area contributed by atoms with Crippen LogP contribution in [0.15, 0.2) is 0 Å². The number of likely N-dealkylation sites (tertiary alicyclic amines) is 1. The normalized spacial score (nSPS) is 29.8. The Morgan fingerprint density at radius 3 is 1.50 bits per heavy atom. The summed E-state index contributed by atoms with van der Waals surface area (Å²) < 4.78 is 0. The molecular weight excluding hydrogens is 146 g/mol. The van der Waals surface area contributed by atoms with Gasteiger partial charge in [-0.15, -0.1) is 0 Å². The first kappa shape index (κ1) is 12.0. The molecule has 0 bridgehead atoms. The van der Waals surface area contributed by atoms with Crippen molar-refractivity contribution in [3.63, 3.8) is 0 Å². The van der Waals surface area contributed by atoms with Gasteiger partial charge in [-0.25, -0.2) is 0 Å². The molecule has 0 aromatic carbocycles. The van der Waals surface area contributed by atoms with Gasteiger partial charge >= 0.3 is 0 Å². The highest BCUT2D eigenvalue weighted by atomic mass is 15.2. The maximum Gasteiger partial charge on any atom is 0.00930 e. The molecule has 12 heavy (non-hydrogen) atoms. The molecule has 74 valence electrons. The van der Waals surface area contributed by atoms with Crippen LogP contribution in [0.3, 0.4) is 0 Å². The molecule has 1 aliphatic rings. The minimum Gasteiger partial charge on any atom is -0.300 e. The van der Waals surface area contributed by atoms with Crippen molar-refractivity contribution in [1.82, 2.24) is 4.90 Å². The highest BCUT2D eigenvalue weighted by Gasteiger charge is 2.26. The summed E-state index contributed by atoms with van der Waals surface area (Å²) in [6.07, 6.45) is 5.50. The Kier molecular flexibility index (Phi) is 6.45. The van der Waals surface area contributed by atoms with Gasteiger partial charge in [0.15, 0.2) is 0 Å². The average molecular weight is 171 g/mol. The molecule has 0 aromatic rings. The van der Waals surface area contributed by atoms with Crippen LogP contribution in [0.2, 0.25) is 0 Å². The first-order valence-electron chi connectivity index (χ1n) is 5.51. The maximum atomic E-state index is 2.56. The van der Waals surface area contributed by atoms with E-state index in [0.29, 0.717) is 0 Å². The fourth-order valence-corrected chi connectivity index (χ4v) is 2.07. The average Bonchev–Trinajstić information content (AvgIpc) is 2.49. The third kappa shape index (κ3) is 2.78. The second-order valence-corrected chi connectivity index (χ2v) is 3.37. The van der Waals surface area contributed by atoms with Crippen molar-refractivity contribution < 1.29 is 0 Å². The summed E-state index contributed by atoms with van der Waals surface area (Å²) in [5, 5.41) is 0. The monoisotopic (exact) mass is 171 g/mol. The Bertz CT molecular complexity index is 89.2. The van der Waals surface area contributed by atoms with Crippen molar-refractivity contribution in [2.75, 3.05) is 7.05 Å². The zero-order chi connectivity index (χ0) is 9.56. The van der Waals surface area contributed by atoms with Crippen LogP contribution in [0.4, 0.5) is 0 Å². The Morgan fingerprint density at radius 1 is 1.00 bits per heavy atom. The molecule has 1 fully saturated rings. The number of nitrogens with zero attached hydrogens (tertiary/aromatic N) is 1. The van der Waals surface area contributed by atoms with Gasteiger partial charge in [0, 0.05) is 12.1 Å². The zero-order valence-electron chi connectivity index (χ0n) is 9.43. The molecule has 1 heteroatoms. The van der Waals surface area contributed by atoms with Gasteiger partial charge in [-0.1, -0.05) is 27.7 Å². The molecule has 0 amide bonds. The fourth-order valence-electron chi connectivity index (χ4n) is 2.07. The Morgan fingerprint density at radius 2 is 1.33 bits per heavy atom. The molecule has 1 aliphatic heterocycles. The van der Waals surface area contributed by atoms with Crippen molar-refractivity contribution in [2.45, 2.75) is 65.5 Å². The molecule has 0 aromatic heterocycles. The van der Waals surface area contributed by atoms with E-state index < -0.39 is 0 Å². The lowest BCUT2D eigenvalue weighted by Crippen LogP contribution is -2.31. The Hall–Kier alpha value is -0.0400. The van der Waals surface area contributed by atoms with Crippen LogP contribution >= 0.6 is 0 Å². The predicted molar refractivity (Wildman–Crippen MR) is 56.5 cm³/mol. The summed E-state index contributed by atoms with van der Waals surface area (Å²) in [4.78, 5) is 2.56. The second kappa shape index (κ2) is 6.47. The van der Waals surface area contributed by atoms with Gasteiger partial charge in [-0.2, -0.15) is 0 Å². The first-order valence-corrected chi connectivity index (χ1v) is 5.51. The summed E-state index contributed by atoms with van der Waals surface area (Å²) >= 11 is 0. The van der Waals surface area contributed by atoms with Gasteiger partial charge in [0.1, 0.15) is 0 Å². The summed E-state index contributed by atoms with van der Waals surface area (Å²) in [6.45, 7) is 8.58. The molecule has 0 saturated carbocycles. The first-order chi connectivity index (χ1) is 5.79. The van der Waals surface area contributed by atoms with E-state index in [1.165, 1.54) is 25.7 Å². The van der Waals surface area contributed by atoms with Crippen LogP contribution in [0, 0.1) is 0 Å². The molecule has 2 unspecified atom stereocenters. The molecule has 1 rings (SSSR count). The van der Waals surface area contributed by atoms with Crippen molar-refractivity contribution in [3.8, 4) is 0 Å². The topological polar surface area (TPSA) is 3.24 Å². The second-order valence-electron chi connectivity index (χ2n) is 3.37. The third-order valence-corrected chi connectivity index (χ3v) is 2.93. The molecular formula is C11H25N. The van der Waals surface area contributed by atoms with E-state index in [1.807, 2.05) is 13.8 Å². The minimum atomic E-state index is 0.880. The van der Waals surface area contributed by atoms with E-state index in [4.69, 9.17) is 0 Å². The van der Waals surface area contributed by atoms with Gasteiger partial charge in [0.25, 0.3) is 0 Å². The van der Waals surface area contributed by atoms with Gasteiger partial charge in [0.2, 0.25) is 0 Å². The van der Waals surface area contributed by atoms with E-state index >= 15 is 0 Å². The van der Waals surface area contributed by atoms with Crippen molar-refractivity contribution in [2.24, 2.45) is 0 Å². The van der Waals surface area contributed by atoms with Gasteiger partial charge in [-0.05, 0) is 32.7 Å². The molecule has 1 nitrogen and oxygen atoms in total. The third-order valence-electron chi connectivity index (χ3n) is 2.93. The van der Waals surface area contributed by atoms with Crippen LogP contribution in [-0.4, -0.2) is 24.0 Å². The summed E-state index contributed by atoms with van der Waals surface area (Å²) in [6, 6.07) is 1.76. The highest BCUT2D eigenvalue weighted by molar-refractivity contribution is 4.83. The van der Waals surface area contributed by atoms with Crippen molar-refractivity contribution in [1.29, 1.82) is 0 Å². The van der Waals surface area contributed by atoms with E-state index in [1.54, 1.807) is 0 Å². The van der Waals surface area contributed by atoms with E-state index in [0.717, 1.165) is 12.1 Å². The van der Waals surface area contributed by atoms with Gasteiger partial charge in [-0.3, -0.25) is 0 Å². The Labute approximate surface area is 78.1 Å². The summed E-state index contributed by atoms with van der Waals surface area (Å²) in [5.41, 5.74) is 0. The lowest BCUT2D eigenvalue weighted by atomic mass is 10.1. The van der Waals surface area contributed by atoms with Gasteiger partial charge < -0.3 is 4.90 Å². The zero-order valence-corrected chi connectivity index (χ0v) is 9.43. The molecule has 0 aliphatic carbocycles. The quantitative estimate of drug-likeness (QED) is 0.616. The van der Waals surface area contributed by atoms with Crippen molar-refractivity contribution >= 4 is 0 Å². The molecule has 1 saturated heterocycles. The van der Waals surface area contributed by atoms with E-state index in [-0.39, 0.29) is 0 Å². The smallest absolute Gasteiger partial charge is 0.00930 e. The highest BCUT2D eigenvalue weighted by Crippen LogP contribution is 2.25. The van der Waals surface area contributed by atoms with Crippen LogP contribution in [0.1, 0.15) is 53.4 Å². The number of hydrogen-bond donors (Lipinski definition) is 0. The van der Waals surface area contributed by atoms with Crippen molar-refractivity contribution in [3.05, 3.63) is 0 Å². The van der Waals surface area contributed by atoms with Gasteiger partial charge in [0.05, 0.1) is 0 Å². The van der Waals surface area contributed by atoms with Crippen LogP contribution in [0.5, 0.6) is 0 Å². The summed E-state index contributed by atoms with van der Waals surface area (Å²) in [7, 11) is 2.27. The standard InChI is InChI=1S/C9H19N.C2H6/c1-4-8-6-7-9(5-2)10(8)3;1-2/h8-9H,4-7H2,1-3H3;1-2H3.